The molecule has 3 N–H and O–H groups in total. The lowest BCUT2D eigenvalue weighted by atomic mass is 9.93. The number of aromatic amines is 1. The molecule has 2 heterocycles. The van der Waals surface area contributed by atoms with Crippen LogP contribution in [0.1, 0.15) is 25.7 Å². The molecule has 2 atom stereocenters. The molecule has 0 saturated heterocycles. The summed E-state index contributed by atoms with van der Waals surface area (Å²) in [6.45, 7) is 0. The van der Waals surface area contributed by atoms with Gasteiger partial charge in [-0.2, -0.15) is 0 Å². The van der Waals surface area contributed by atoms with Crippen LogP contribution in [0.4, 0.5) is 0 Å². The molecule has 6 nitrogen and oxygen atoms in total. The summed E-state index contributed by atoms with van der Waals surface area (Å²) < 4.78 is 27.9. The number of hydrogen-bond donors (Lipinski definition) is 3. The number of H-pyrrole nitrogens is 1. The van der Waals surface area contributed by atoms with Crippen molar-refractivity contribution < 1.29 is 13.5 Å². The third-order valence-electron chi connectivity index (χ3n) is 4.97. The van der Waals surface area contributed by atoms with E-state index in [4.69, 9.17) is 0 Å². The molecule has 136 valence electrons. The van der Waals surface area contributed by atoms with Crippen LogP contribution in [0, 0.1) is 0 Å². The Bertz CT molecular complexity index is 1010. The van der Waals surface area contributed by atoms with Crippen molar-refractivity contribution in [2.45, 2.75) is 42.7 Å². The first-order chi connectivity index (χ1) is 12.5. The number of hydrogen-bond acceptors (Lipinski definition) is 4. The van der Waals surface area contributed by atoms with Crippen LogP contribution in [-0.4, -0.2) is 35.6 Å². The Morgan fingerprint density at radius 1 is 1.08 bits per heavy atom. The molecule has 0 radical (unpaired) electrons. The number of aliphatic hydroxyl groups is 1. The van der Waals surface area contributed by atoms with Gasteiger partial charge in [-0.05, 0) is 48.2 Å². The lowest BCUT2D eigenvalue weighted by Gasteiger charge is -2.28. The van der Waals surface area contributed by atoms with Crippen LogP contribution in [0.5, 0.6) is 0 Å². The Morgan fingerprint density at radius 3 is 2.62 bits per heavy atom. The zero-order valence-corrected chi connectivity index (χ0v) is 15.0. The predicted molar refractivity (Wildman–Crippen MR) is 100 cm³/mol. The van der Waals surface area contributed by atoms with Crippen LogP contribution in [-0.2, 0) is 10.0 Å². The highest BCUT2D eigenvalue weighted by atomic mass is 32.2. The monoisotopic (exact) mass is 371 g/mol. The van der Waals surface area contributed by atoms with Gasteiger partial charge in [-0.3, -0.25) is 0 Å². The lowest BCUT2D eigenvalue weighted by Crippen LogP contribution is -2.44. The van der Waals surface area contributed by atoms with Crippen molar-refractivity contribution in [3.8, 4) is 11.1 Å². The summed E-state index contributed by atoms with van der Waals surface area (Å²) in [6.07, 6.45) is 6.12. The average Bonchev–Trinajstić information content (AvgIpc) is 3.12. The maximum Gasteiger partial charge on any atom is 0.240 e. The van der Waals surface area contributed by atoms with E-state index in [1.54, 1.807) is 30.5 Å². The van der Waals surface area contributed by atoms with E-state index < -0.39 is 22.2 Å². The highest BCUT2D eigenvalue weighted by Gasteiger charge is 2.28. The zero-order chi connectivity index (χ0) is 18.1. The molecule has 26 heavy (non-hydrogen) atoms. The minimum atomic E-state index is -3.65. The van der Waals surface area contributed by atoms with Gasteiger partial charge in [0.25, 0.3) is 0 Å². The molecule has 7 heteroatoms. The molecule has 0 unspecified atom stereocenters. The van der Waals surface area contributed by atoms with Crippen molar-refractivity contribution in [3.05, 3.63) is 48.8 Å². The number of nitrogens with one attached hydrogen (secondary N) is 2. The van der Waals surface area contributed by atoms with E-state index in [2.05, 4.69) is 14.7 Å². The number of sulfonamides is 1. The number of pyridine rings is 1. The van der Waals surface area contributed by atoms with E-state index in [1.165, 1.54) is 0 Å². The molecule has 1 saturated carbocycles. The SMILES string of the molecule is O=S(=O)(N[C@H]1CCCC[C@@H]1O)c1ccc(-c2ccnc3[nH]ccc23)cc1. The van der Waals surface area contributed by atoms with Gasteiger partial charge in [-0.1, -0.05) is 25.0 Å². The highest BCUT2D eigenvalue weighted by molar-refractivity contribution is 7.89. The zero-order valence-electron chi connectivity index (χ0n) is 14.2. The van der Waals surface area contributed by atoms with E-state index in [1.807, 2.05) is 18.3 Å². The summed E-state index contributed by atoms with van der Waals surface area (Å²) in [7, 11) is -3.65. The van der Waals surface area contributed by atoms with Gasteiger partial charge in [0.05, 0.1) is 11.0 Å². The van der Waals surface area contributed by atoms with E-state index in [-0.39, 0.29) is 4.90 Å². The molecule has 0 spiro atoms. The lowest BCUT2D eigenvalue weighted by molar-refractivity contribution is 0.101. The summed E-state index contributed by atoms with van der Waals surface area (Å²) in [4.78, 5) is 7.55. The second kappa shape index (κ2) is 6.83. The van der Waals surface area contributed by atoms with E-state index >= 15 is 0 Å². The smallest absolute Gasteiger partial charge is 0.240 e. The molecule has 4 rings (SSSR count). The molecular weight excluding hydrogens is 350 g/mol. The molecule has 0 amide bonds. The van der Waals surface area contributed by atoms with Gasteiger partial charge in [0, 0.05) is 23.8 Å². The van der Waals surface area contributed by atoms with Crippen molar-refractivity contribution in [2.75, 3.05) is 0 Å². The standard InChI is InChI=1S/C19H21N3O3S/c23-18-4-2-1-3-17(18)22-26(24,25)14-7-5-13(6-8-14)15-9-11-20-19-16(15)10-12-21-19/h5-12,17-18,22-23H,1-4H2,(H,20,21)/t17-,18-/m0/s1. The Hall–Kier alpha value is -2.22. The van der Waals surface area contributed by atoms with Gasteiger partial charge in [-0.25, -0.2) is 18.1 Å². The van der Waals surface area contributed by atoms with Crippen molar-refractivity contribution in [1.82, 2.24) is 14.7 Å². The van der Waals surface area contributed by atoms with Gasteiger partial charge in [0.1, 0.15) is 5.65 Å². The molecule has 0 bridgehead atoms. The molecule has 0 aliphatic heterocycles. The van der Waals surface area contributed by atoms with E-state index in [9.17, 15) is 13.5 Å². The molecule has 1 aliphatic rings. The molecule has 2 aromatic heterocycles. The van der Waals surface area contributed by atoms with Crippen molar-refractivity contribution in [2.24, 2.45) is 0 Å². The van der Waals surface area contributed by atoms with Gasteiger partial charge >= 0.3 is 0 Å². The summed E-state index contributed by atoms with van der Waals surface area (Å²) in [5, 5.41) is 11.0. The van der Waals surface area contributed by atoms with E-state index in [0.717, 1.165) is 35.0 Å². The number of fused-ring (bicyclic) bond motifs is 1. The Labute approximate surface area is 152 Å². The first kappa shape index (κ1) is 17.2. The molecular formula is C19H21N3O3S. The molecule has 1 aliphatic carbocycles. The highest BCUT2D eigenvalue weighted by Crippen LogP contribution is 2.28. The van der Waals surface area contributed by atoms with Gasteiger partial charge in [-0.15, -0.1) is 0 Å². The Kier molecular flexibility index (Phi) is 4.52. The number of aromatic nitrogens is 2. The summed E-state index contributed by atoms with van der Waals surface area (Å²) in [6, 6.07) is 10.3. The second-order valence-electron chi connectivity index (χ2n) is 6.70. The average molecular weight is 371 g/mol. The first-order valence-corrected chi connectivity index (χ1v) is 10.3. The van der Waals surface area contributed by atoms with Crippen LogP contribution in [0.3, 0.4) is 0 Å². The van der Waals surface area contributed by atoms with Crippen LogP contribution >= 0.6 is 0 Å². The normalized spacial score (nSPS) is 21.1. The Morgan fingerprint density at radius 2 is 1.85 bits per heavy atom. The number of benzene rings is 1. The quantitative estimate of drug-likeness (QED) is 0.657. The maximum atomic E-state index is 12.6. The topological polar surface area (TPSA) is 95.1 Å². The van der Waals surface area contributed by atoms with Gasteiger partial charge in [0.2, 0.25) is 10.0 Å². The van der Waals surface area contributed by atoms with Crippen LogP contribution < -0.4 is 4.72 Å². The predicted octanol–water partition coefficient (Wildman–Crippen LogP) is 2.81. The van der Waals surface area contributed by atoms with E-state index in [0.29, 0.717) is 12.8 Å². The Balaban J connectivity index is 1.60. The summed E-state index contributed by atoms with van der Waals surface area (Å²) >= 11 is 0. The fourth-order valence-electron chi connectivity index (χ4n) is 3.54. The molecule has 1 aromatic carbocycles. The minimum Gasteiger partial charge on any atom is -0.391 e. The minimum absolute atomic E-state index is 0.207. The molecule has 3 aromatic rings. The van der Waals surface area contributed by atoms with Crippen LogP contribution in [0.15, 0.2) is 53.7 Å². The summed E-state index contributed by atoms with van der Waals surface area (Å²) in [5.74, 6) is 0. The van der Waals surface area contributed by atoms with Crippen LogP contribution in [0.25, 0.3) is 22.2 Å². The van der Waals surface area contributed by atoms with Crippen molar-refractivity contribution in [3.63, 3.8) is 0 Å². The summed E-state index contributed by atoms with van der Waals surface area (Å²) in [5.41, 5.74) is 2.72. The third kappa shape index (κ3) is 3.25. The van der Waals surface area contributed by atoms with Gasteiger partial charge < -0.3 is 10.1 Å². The van der Waals surface area contributed by atoms with Crippen LogP contribution in [0.2, 0.25) is 0 Å². The largest absolute Gasteiger partial charge is 0.391 e. The first-order valence-electron chi connectivity index (χ1n) is 8.77. The second-order valence-corrected chi connectivity index (χ2v) is 8.42. The van der Waals surface area contributed by atoms with Crippen molar-refractivity contribution >= 4 is 21.1 Å². The number of aliphatic hydroxyl groups excluding tert-OH is 1. The van der Waals surface area contributed by atoms with Crippen molar-refractivity contribution in [1.29, 1.82) is 0 Å². The fourth-order valence-corrected chi connectivity index (χ4v) is 4.85. The van der Waals surface area contributed by atoms with Gasteiger partial charge in [0.15, 0.2) is 0 Å². The number of nitrogens with zero attached hydrogens (tertiary/aromatic N) is 1. The maximum absolute atomic E-state index is 12.6. The number of rotatable bonds is 4. The third-order valence-corrected chi connectivity index (χ3v) is 6.48. The fraction of sp³-hybridized carbons (Fsp3) is 0.316. The molecule has 1 fully saturated rings.